The molecule has 26 heavy (non-hydrogen) atoms. The first-order chi connectivity index (χ1) is 11.8. The summed E-state index contributed by atoms with van der Waals surface area (Å²) in [6, 6.07) is 8.91. The van der Waals surface area contributed by atoms with E-state index < -0.39 is 21.7 Å². The van der Waals surface area contributed by atoms with Gasteiger partial charge in [-0.05, 0) is 37.1 Å². The van der Waals surface area contributed by atoms with Crippen molar-refractivity contribution in [1.82, 2.24) is 0 Å². The third kappa shape index (κ3) is 6.18. The summed E-state index contributed by atoms with van der Waals surface area (Å²) in [5, 5.41) is 0. The Bertz CT molecular complexity index is 841. The molecule has 140 valence electrons. The maximum atomic E-state index is 13.7. The molecule has 0 aliphatic heterocycles. The van der Waals surface area contributed by atoms with Crippen molar-refractivity contribution in [3.63, 3.8) is 0 Å². The largest absolute Gasteiger partial charge is 0.330 e. The van der Waals surface area contributed by atoms with Gasteiger partial charge in [0.15, 0.2) is 0 Å². The predicted molar refractivity (Wildman–Crippen MR) is 95.0 cm³/mol. The Morgan fingerprint density at radius 3 is 2.46 bits per heavy atom. The van der Waals surface area contributed by atoms with E-state index in [2.05, 4.69) is 11.6 Å². The van der Waals surface area contributed by atoms with E-state index in [1.807, 2.05) is 19.1 Å². The van der Waals surface area contributed by atoms with Gasteiger partial charge in [0.25, 0.3) is 10.0 Å². The molecule has 0 saturated heterocycles. The Morgan fingerprint density at radius 2 is 1.81 bits per heavy atom. The monoisotopic (exact) mass is 414 g/mol. The normalized spacial score (nSPS) is 11.1. The second-order valence-electron chi connectivity index (χ2n) is 6.06. The first-order valence-corrected chi connectivity index (χ1v) is 9.81. The fourth-order valence-electron chi connectivity index (χ4n) is 2.63. The van der Waals surface area contributed by atoms with Gasteiger partial charge in [-0.15, -0.1) is 18.2 Å². The summed E-state index contributed by atoms with van der Waals surface area (Å²) in [6.45, 7) is 4.01. The van der Waals surface area contributed by atoms with Crippen LogP contribution in [-0.2, 0) is 38.2 Å². The van der Waals surface area contributed by atoms with Crippen LogP contribution in [0, 0.1) is 24.6 Å². The topological polar surface area (TPSA) is 46.2 Å². The van der Waals surface area contributed by atoms with E-state index in [0.29, 0.717) is 12.0 Å². The number of unbranched alkanes of at least 4 members (excludes halogenated alkanes) is 3. The number of anilines is 1. The zero-order valence-corrected chi connectivity index (χ0v) is 17.3. The van der Waals surface area contributed by atoms with Gasteiger partial charge in [-0.1, -0.05) is 43.9 Å². The van der Waals surface area contributed by atoms with Crippen LogP contribution in [0.25, 0.3) is 0 Å². The number of sulfonamides is 1. The summed E-state index contributed by atoms with van der Waals surface area (Å²) >= 11 is 0. The average molecular weight is 414 g/mol. The van der Waals surface area contributed by atoms with Crippen molar-refractivity contribution in [3.8, 4) is 0 Å². The van der Waals surface area contributed by atoms with Crippen molar-refractivity contribution < 1.29 is 38.9 Å². The number of rotatable bonds is 8. The van der Waals surface area contributed by atoms with Gasteiger partial charge in [0.2, 0.25) is 0 Å². The first-order valence-electron chi connectivity index (χ1n) is 8.33. The van der Waals surface area contributed by atoms with Crippen LogP contribution >= 0.6 is 0 Å². The number of nitrogens with one attached hydrogen (secondary N) is 1. The van der Waals surface area contributed by atoms with Gasteiger partial charge in [-0.2, -0.15) is 0 Å². The van der Waals surface area contributed by atoms with Gasteiger partial charge in [0.1, 0.15) is 0 Å². The second-order valence-corrected chi connectivity index (χ2v) is 7.71. The van der Waals surface area contributed by atoms with Crippen LogP contribution in [0.1, 0.15) is 43.7 Å². The SMILES string of the molecule is CCCCCCc1cc(C)ccc1S(=O)(=O)Nc1ccc(F)[c-]c1F.[Ti]. The Labute approximate surface area is 169 Å². The van der Waals surface area contributed by atoms with Crippen LogP contribution in [0.15, 0.2) is 35.2 Å². The molecular formula is C19H22F2NO2STi-. The van der Waals surface area contributed by atoms with Crippen LogP contribution in [-0.4, -0.2) is 8.42 Å². The quantitative estimate of drug-likeness (QED) is 0.376. The van der Waals surface area contributed by atoms with E-state index >= 15 is 0 Å². The van der Waals surface area contributed by atoms with Crippen molar-refractivity contribution in [1.29, 1.82) is 0 Å². The van der Waals surface area contributed by atoms with Gasteiger partial charge >= 0.3 is 0 Å². The first kappa shape index (κ1) is 22.8. The van der Waals surface area contributed by atoms with Crippen LogP contribution in [0.4, 0.5) is 14.5 Å². The van der Waals surface area contributed by atoms with Gasteiger partial charge in [0.05, 0.1) is 4.90 Å². The standard InChI is InChI=1S/C19H22F2NO2S.Ti/c1-3-4-5-6-7-15-12-14(2)8-11-19(15)25(23,24)22-18-10-9-16(20)13-17(18)21;/h8-12,22H,3-7H2,1-2H3;/q-1;. The molecule has 2 rings (SSSR count). The summed E-state index contributed by atoms with van der Waals surface area (Å²) < 4.78 is 54.2. The molecule has 0 bridgehead atoms. The van der Waals surface area contributed by atoms with E-state index in [-0.39, 0.29) is 32.3 Å². The zero-order valence-electron chi connectivity index (χ0n) is 14.9. The minimum absolute atomic E-state index is 0. The fraction of sp³-hybridized carbons (Fsp3) is 0.368. The number of hydrogen-bond donors (Lipinski definition) is 1. The molecule has 0 spiro atoms. The van der Waals surface area contributed by atoms with E-state index in [9.17, 15) is 17.2 Å². The fourth-order valence-corrected chi connectivity index (χ4v) is 3.94. The molecule has 0 aliphatic carbocycles. The zero-order chi connectivity index (χ0) is 18.4. The molecule has 3 nitrogen and oxygen atoms in total. The Balaban J connectivity index is 0.00000338. The minimum Gasteiger partial charge on any atom is -0.330 e. The van der Waals surface area contributed by atoms with Crippen LogP contribution in [0.5, 0.6) is 0 Å². The summed E-state index contributed by atoms with van der Waals surface area (Å²) in [4.78, 5) is 0.123. The van der Waals surface area contributed by atoms with Gasteiger partial charge in [-0.25, -0.2) is 17.2 Å². The molecule has 0 aliphatic rings. The maximum Gasteiger partial charge on any atom is 0.252 e. The smallest absolute Gasteiger partial charge is 0.252 e. The molecule has 2 aromatic rings. The molecule has 7 heteroatoms. The van der Waals surface area contributed by atoms with Crippen molar-refractivity contribution in [2.24, 2.45) is 0 Å². The van der Waals surface area contributed by atoms with Crippen molar-refractivity contribution in [3.05, 3.63) is 59.2 Å². The minimum atomic E-state index is -3.97. The second kappa shape index (κ2) is 10.2. The molecule has 0 heterocycles. The molecule has 2 aromatic carbocycles. The van der Waals surface area contributed by atoms with E-state index in [1.54, 1.807) is 6.07 Å². The summed E-state index contributed by atoms with van der Waals surface area (Å²) in [7, 11) is -3.97. The molecular weight excluding hydrogens is 392 g/mol. The Morgan fingerprint density at radius 1 is 1.08 bits per heavy atom. The predicted octanol–water partition coefficient (Wildman–Crippen LogP) is 4.99. The Hall–Kier alpha value is -1.24. The van der Waals surface area contributed by atoms with Crippen LogP contribution in [0.3, 0.4) is 0 Å². The number of hydrogen-bond acceptors (Lipinski definition) is 2. The molecule has 0 fully saturated rings. The van der Waals surface area contributed by atoms with Crippen molar-refractivity contribution in [2.45, 2.75) is 50.8 Å². The summed E-state index contributed by atoms with van der Waals surface area (Å²) in [5.41, 5.74) is 1.35. The summed E-state index contributed by atoms with van der Waals surface area (Å²) in [6.07, 6.45) is 4.75. The van der Waals surface area contributed by atoms with Crippen LogP contribution < -0.4 is 4.72 Å². The maximum absolute atomic E-state index is 13.7. The Kier molecular flexibility index (Phi) is 8.94. The van der Waals surface area contributed by atoms with Gasteiger partial charge in [0, 0.05) is 33.4 Å². The van der Waals surface area contributed by atoms with Gasteiger partial charge < -0.3 is 4.72 Å². The third-order valence-electron chi connectivity index (χ3n) is 3.91. The number of halogens is 2. The molecule has 0 atom stereocenters. The average Bonchev–Trinajstić information content (AvgIpc) is 2.54. The molecule has 0 saturated carbocycles. The number of benzene rings is 2. The van der Waals surface area contributed by atoms with Crippen molar-refractivity contribution >= 4 is 15.7 Å². The van der Waals surface area contributed by atoms with E-state index in [0.717, 1.165) is 43.4 Å². The third-order valence-corrected chi connectivity index (χ3v) is 5.38. The van der Waals surface area contributed by atoms with Crippen molar-refractivity contribution in [2.75, 3.05) is 4.72 Å². The molecule has 0 unspecified atom stereocenters. The van der Waals surface area contributed by atoms with Crippen LogP contribution in [0.2, 0.25) is 0 Å². The van der Waals surface area contributed by atoms with E-state index in [4.69, 9.17) is 0 Å². The number of aryl methyl sites for hydroxylation is 2. The molecule has 0 amide bonds. The molecule has 0 radical (unpaired) electrons. The molecule has 0 aromatic heterocycles. The summed E-state index contributed by atoms with van der Waals surface area (Å²) in [5.74, 6) is -1.95. The van der Waals surface area contributed by atoms with E-state index in [1.165, 1.54) is 6.07 Å². The molecule has 1 N–H and O–H groups in total. The van der Waals surface area contributed by atoms with Gasteiger partial charge in [-0.3, -0.25) is 0 Å².